The van der Waals surface area contributed by atoms with Crippen LogP contribution in [0.15, 0.2) is 54.6 Å². The number of hydrogen-bond acceptors (Lipinski definition) is 14. The molecule has 3 N–H and O–H groups in total. The molecule has 7 rings (SSSR count). The number of amides is 12. The second-order valence-corrected chi connectivity index (χ2v) is 31.2. The summed E-state index contributed by atoms with van der Waals surface area (Å²) in [7, 11) is 12.0. The maximum Gasteiger partial charge on any atom is 0.417 e. The summed E-state index contributed by atoms with van der Waals surface area (Å²) >= 11 is 6.18. The zero-order valence-electron chi connectivity index (χ0n) is 64.9. The van der Waals surface area contributed by atoms with Gasteiger partial charge >= 0.3 is 12.4 Å². The Bertz CT molecular complexity index is 3700. The largest absolute Gasteiger partial charge is 0.417 e. The van der Waals surface area contributed by atoms with Crippen molar-refractivity contribution in [2.24, 2.45) is 17.3 Å². The van der Waals surface area contributed by atoms with Crippen LogP contribution in [-0.4, -0.2) is 277 Å². The van der Waals surface area contributed by atoms with Gasteiger partial charge in [0, 0.05) is 96.0 Å². The van der Waals surface area contributed by atoms with E-state index in [2.05, 4.69) is 16.0 Å². The van der Waals surface area contributed by atoms with Crippen LogP contribution in [0, 0.1) is 17.3 Å². The molecule has 2 aromatic rings. The fourth-order valence-corrected chi connectivity index (χ4v) is 16.1. The van der Waals surface area contributed by atoms with Crippen LogP contribution in [0.3, 0.4) is 0 Å². The summed E-state index contributed by atoms with van der Waals surface area (Å²) in [6.07, 6.45) is -7.45. The molecule has 604 valence electrons. The van der Waals surface area contributed by atoms with E-state index >= 15 is 28.8 Å². The Morgan fingerprint density at radius 2 is 1.33 bits per heavy atom. The van der Waals surface area contributed by atoms with Crippen LogP contribution in [-0.2, 0) is 92.2 Å². The van der Waals surface area contributed by atoms with Crippen molar-refractivity contribution in [1.29, 1.82) is 0 Å². The van der Waals surface area contributed by atoms with Gasteiger partial charge in [-0.3, -0.25) is 57.5 Å². The van der Waals surface area contributed by atoms with Crippen molar-refractivity contribution in [3.8, 4) is 0 Å². The summed E-state index contributed by atoms with van der Waals surface area (Å²) in [4.78, 5) is 192. The van der Waals surface area contributed by atoms with Crippen LogP contribution in [0.2, 0.25) is 5.02 Å². The monoisotopic (exact) mass is 1560 g/mol. The topological polar surface area (TPSA) is 289 Å². The highest BCUT2D eigenvalue weighted by Crippen LogP contribution is 2.50. The first-order chi connectivity index (χ1) is 50.9. The van der Waals surface area contributed by atoms with Crippen LogP contribution in [0.1, 0.15) is 141 Å². The SMILES string of the molecule is CCO[C@@H]1C[C@H]2C(=O)NC3(CC(C)(C)C3)C(=O)N(C)[C@@H](C3CCCC3)C(=O)N(C)[C@H](C(=O)N(C)C)CC(=O)N(C)[C@@H]([C@@H](C)OC)C(=O)N[C@@H]([C@@H](C)CC)C(=O)N(C)CC(=O)N(C)[C@H]3C/C=C\CCN(C3=O)[C@@H](Cc3ccc(C(F)(F)F)cc3)C(=O)N(C)CC(=O)N[C@@H](CCc3ccc(C(F)(F)F)c(Cl)c3)C(=O)N2C1. The van der Waals surface area contributed by atoms with Crippen LogP contribution in [0.5, 0.6) is 0 Å². The van der Waals surface area contributed by atoms with Crippen LogP contribution in [0.4, 0.5) is 26.3 Å². The van der Waals surface area contributed by atoms with E-state index in [1.165, 1.54) is 80.2 Å². The number of nitrogens with one attached hydrogen (secondary N) is 3. The lowest BCUT2D eigenvalue weighted by molar-refractivity contribution is -0.161. The van der Waals surface area contributed by atoms with E-state index in [0.717, 1.165) is 76.8 Å². The predicted octanol–water partition coefficient (Wildman–Crippen LogP) is 5.74. The van der Waals surface area contributed by atoms with E-state index in [1.54, 1.807) is 32.9 Å². The van der Waals surface area contributed by atoms with Gasteiger partial charge in [0.15, 0.2) is 0 Å². The molecule has 26 nitrogen and oxygen atoms in total. The van der Waals surface area contributed by atoms with Gasteiger partial charge < -0.3 is 69.5 Å². The molecule has 0 aromatic heterocycles. The Balaban J connectivity index is 1.36. The third-order valence-corrected chi connectivity index (χ3v) is 22.4. The Hall–Kier alpha value is -8.39. The van der Waals surface area contributed by atoms with Crippen LogP contribution >= 0.6 is 11.6 Å². The van der Waals surface area contributed by atoms with Crippen molar-refractivity contribution in [2.75, 3.05) is 96.3 Å². The lowest BCUT2D eigenvalue weighted by atomic mass is 9.58. The number of carbonyl (C=O) groups is 12. The molecular formula is C76H107ClF6N12O14. The summed E-state index contributed by atoms with van der Waals surface area (Å²) in [6.45, 7) is 8.44. The molecule has 2 aliphatic carbocycles. The van der Waals surface area contributed by atoms with E-state index in [0.29, 0.717) is 32.1 Å². The number of likely N-dealkylation sites (N-methyl/N-ethyl adjacent to an activating group) is 7. The average Bonchev–Trinajstić information content (AvgIpc) is 1.49. The minimum Gasteiger partial charge on any atom is -0.379 e. The van der Waals surface area contributed by atoms with Crippen LogP contribution in [0.25, 0.3) is 0 Å². The van der Waals surface area contributed by atoms with Gasteiger partial charge in [0.05, 0.1) is 47.9 Å². The fraction of sp³-hybridized carbons (Fsp3) is 0.658. The number of halogens is 7. The number of hydrogen-bond donors (Lipinski definition) is 3. The molecule has 2 saturated heterocycles. The third-order valence-electron chi connectivity index (χ3n) is 22.1. The van der Waals surface area contributed by atoms with E-state index < -0.39 is 209 Å². The lowest BCUT2D eigenvalue weighted by Crippen LogP contribution is -2.71. The van der Waals surface area contributed by atoms with E-state index in [9.17, 15) is 55.1 Å². The molecule has 4 fully saturated rings. The summed E-state index contributed by atoms with van der Waals surface area (Å²) < 4.78 is 95.8. The molecule has 3 heterocycles. The zero-order chi connectivity index (χ0) is 81.3. The standard InChI is InChI=1S/C76H107ClF6N12O14/c1-16-44(3)61-70(105)89(10)41-60(98)90(11)54-25-19-18-22-34-94(69(54)104)57(36-47-26-30-49(31-27-47)75(78,79)80)68(103)88(9)40-58(96)84-53(33-29-46-28-32-51(52(77)35-46)76(81,82)83)66(101)95-39-50(109-17-2)37-55(95)64(99)86-74(42-73(5,6)43-74)72(107)93(14)63(48-23-20-21-24-48)71(106)91(12)56(67(102)87(7)8)38-59(97)92(13)62(45(4)108-15)65(100)85-61/h18-19,26-28,30-32,35,44-45,48,50,53-57,61-63H,16-17,20-25,29,33-34,36-43H2,1-15H3,(H,84,96)(H,85,100)(H,86,99)/b19-18-/t44-,45+,50+,53-,54-,55-,56-,57-,61-,62-,63-/m0/s1. The number of benzene rings is 2. The minimum atomic E-state index is -4.84. The number of fused-ring (bicyclic) bond motifs is 3. The van der Waals surface area contributed by atoms with Gasteiger partial charge in [-0.1, -0.05) is 88.9 Å². The Labute approximate surface area is 638 Å². The molecule has 2 saturated carbocycles. The smallest absolute Gasteiger partial charge is 0.379 e. The lowest BCUT2D eigenvalue weighted by Gasteiger charge is -2.54. The second-order valence-electron chi connectivity index (χ2n) is 30.8. The van der Waals surface area contributed by atoms with Gasteiger partial charge in [-0.05, 0) is 118 Å². The zero-order valence-corrected chi connectivity index (χ0v) is 65.7. The highest BCUT2D eigenvalue weighted by molar-refractivity contribution is 6.31. The van der Waals surface area contributed by atoms with Gasteiger partial charge in [-0.25, -0.2) is 0 Å². The molecule has 0 unspecified atom stereocenters. The maximum absolute atomic E-state index is 15.8. The molecular weight excluding hydrogens is 1450 g/mol. The molecule has 5 aliphatic rings. The number of rotatable bonds is 13. The highest BCUT2D eigenvalue weighted by Gasteiger charge is 2.59. The molecule has 109 heavy (non-hydrogen) atoms. The normalized spacial score (nSPS) is 26.7. The first kappa shape index (κ1) is 87.8. The van der Waals surface area contributed by atoms with Crippen molar-refractivity contribution in [1.82, 2.24) is 60.0 Å². The molecule has 12 amide bonds. The molecule has 2 aromatic carbocycles. The Morgan fingerprint density at radius 3 is 1.90 bits per heavy atom. The fourth-order valence-electron chi connectivity index (χ4n) is 15.8. The molecule has 1 spiro atoms. The van der Waals surface area contributed by atoms with Gasteiger partial charge in [0.25, 0.3) is 0 Å². The van der Waals surface area contributed by atoms with E-state index in [4.69, 9.17) is 21.1 Å². The Kier molecular flexibility index (Phi) is 29.5. The van der Waals surface area contributed by atoms with E-state index in [-0.39, 0.29) is 75.8 Å². The van der Waals surface area contributed by atoms with Gasteiger partial charge in [-0.2, -0.15) is 26.3 Å². The van der Waals surface area contributed by atoms with Crippen molar-refractivity contribution >= 4 is 82.5 Å². The van der Waals surface area contributed by atoms with Crippen molar-refractivity contribution in [2.45, 2.75) is 210 Å². The molecule has 33 heteroatoms. The van der Waals surface area contributed by atoms with Crippen LogP contribution < -0.4 is 16.0 Å². The number of aryl methyl sites for hydroxylation is 1. The number of methoxy groups -OCH3 is 1. The minimum absolute atomic E-state index is 0.0259. The van der Waals surface area contributed by atoms with Gasteiger partial charge in [-0.15, -0.1) is 0 Å². The number of alkyl halides is 6. The summed E-state index contributed by atoms with van der Waals surface area (Å²) in [6, 6.07) is -5.01. The highest BCUT2D eigenvalue weighted by atomic mass is 35.5. The van der Waals surface area contributed by atoms with Crippen molar-refractivity contribution in [3.05, 3.63) is 81.9 Å². The molecule has 11 atom stereocenters. The second kappa shape index (κ2) is 36.6. The molecule has 3 aliphatic heterocycles. The first-order valence-electron chi connectivity index (χ1n) is 37.0. The molecule has 2 bridgehead atoms. The number of carbonyl (C=O) groups excluding carboxylic acids is 12. The average molecular weight is 1560 g/mol. The van der Waals surface area contributed by atoms with Crippen molar-refractivity contribution < 1.29 is 93.4 Å². The van der Waals surface area contributed by atoms with Gasteiger partial charge in [0.2, 0.25) is 70.9 Å². The number of ether oxygens (including phenoxy) is 2. The summed E-state index contributed by atoms with van der Waals surface area (Å²) in [5, 5.41) is 7.81. The summed E-state index contributed by atoms with van der Waals surface area (Å²) in [5.41, 5.74) is -4.16. The Morgan fingerprint density at radius 1 is 0.706 bits per heavy atom. The maximum atomic E-state index is 15.8. The van der Waals surface area contributed by atoms with Crippen molar-refractivity contribution in [3.63, 3.8) is 0 Å². The quantitative estimate of drug-likeness (QED) is 0.159. The third kappa shape index (κ3) is 21.0. The van der Waals surface area contributed by atoms with E-state index in [1.807, 2.05) is 13.8 Å². The first-order valence-corrected chi connectivity index (χ1v) is 37.4. The van der Waals surface area contributed by atoms with Gasteiger partial charge in [0.1, 0.15) is 53.9 Å². The molecule has 0 radical (unpaired) electrons. The summed E-state index contributed by atoms with van der Waals surface area (Å²) in [5.74, 6) is -10.9. The predicted molar refractivity (Wildman–Crippen MR) is 390 cm³/mol. The number of nitrogens with zero attached hydrogens (tertiary/aromatic N) is 9.